The van der Waals surface area contributed by atoms with E-state index in [-0.39, 0.29) is 5.41 Å². The van der Waals surface area contributed by atoms with Gasteiger partial charge in [0.05, 0.1) is 19.8 Å². The number of hydrogen-bond acceptors (Lipinski definition) is 3. The summed E-state index contributed by atoms with van der Waals surface area (Å²) in [5.74, 6) is 1.67. The van der Waals surface area contributed by atoms with Crippen LogP contribution in [0.2, 0.25) is 0 Å². The second-order valence-corrected chi connectivity index (χ2v) is 5.35. The Bertz CT molecular complexity index is 510. The van der Waals surface area contributed by atoms with Gasteiger partial charge in [-0.3, -0.25) is 0 Å². The number of benzene rings is 1. The van der Waals surface area contributed by atoms with Crippen LogP contribution in [0.3, 0.4) is 0 Å². The molecule has 0 unspecified atom stereocenters. The molecular weight excluding hydrogens is 238 g/mol. The van der Waals surface area contributed by atoms with Gasteiger partial charge in [-0.05, 0) is 37.6 Å². The van der Waals surface area contributed by atoms with Gasteiger partial charge in [-0.25, -0.2) is 0 Å². The highest BCUT2D eigenvalue weighted by Gasteiger charge is 2.17. The van der Waals surface area contributed by atoms with Gasteiger partial charge in [0.15, 0.2) is 0 Å². The van der Waals surface area contributed by atoms with Crippen molar-refractivity contribution >= 4 is 0 Å². The van der Waals surface area contributed by atoms with Crippen LogP contribution in [0.4, 0.5) is 0 Å². The van der Waals surface area contributed by atoms with E-state index in [0.717, 1.165) is 17.1 Å². The van der Waals surface area contributed by atoms with Crippen molar-refractivity contribution in [1.29, 1.82) is 5.26 Å². The van der Waals surface area contributed by atoms with E-state index in [0.29, 0.717) is 12.2 Å². The van der Waals surface area contributed by atoms with E-state index in [2.05, 4.69) is 6.07 Å². The SMILES string of the molecule is COc1ccc(OCC(C)(C)/C=C(\C)C#N)c(C)c1. The van der Waals surface area contributed by atoms with Gasteiger partial charge in [-0.1, -0.05) is 19.9 Å². The third kappa shape index (κ3) is 4.67. The summed E-state index contributed by atoms with van der Waals surface area (Å²) in [7, 11) is 1.65. The quantitative estimate of drug-likeness (QED) is 0.754. The Kier molecular flexibility index (Phi) is 5.00. The van der Waals surface area contributed by atoms with Crippen molar-refractivity contribution in [2.24, 2.45) is 5.41 Å². The van der Waals surface area contributed by atoms with Gasteiger partial charge in [0.1, 0.15) is 11.5 Å². The van der Waals surface area contributed by atoms with E-state index < -0.39 is 0 Å². The van der Waals surface area contributed by atoms with Gasteiger partial charge in [0, 0.05) is 11.0 Å². The van der Waals surface area contributed by atoms with E-state index in [1.54, 1.807) is 14.0 Å². The summed E-state index contributed by atoms with van der Waals surface area (Å²) in [6, 6.07) is 7.87. The number of allylic oxidation sites excluding steroid dienone is 1. The Morgan fingerprint density at radius 1 is 1.42 bits per heavy atom. The summed E-state index contributed by atoms with van der Waals surface area (Å²) in [6.45, 7) is 8.42. The van der Waals surface area contributed by atoms with E-state index in [1.165, 1.54) is 0 Å². The molecule has 0 spiro atoms. The second kappa shape index (κ2) is 6.29. The zero-order valence-corrected chi connectivity index (χ0v) is 12.3. The van der Waals surface area contributed by atoms with E-state index in [1.807, 2.05) is 45.0 Å². The molecule has 1 aromatic rings. The van der Waals surface area contributed by atoms with Gasteiger partial charge >= 0.3 is 0 Å². The number of methoxy groups -OCH3 is 1. The molecule has 1 aromatic carbocycles. The van der Waals surface area contributed by atoms with Crippen LogP contribution < -0.4 is 9.47 Å². The summed E-state index contributed by atoms with van der Waals surface area (Å²) in [5, 5.41) is 8.81. The largest absolute Gasteiger partial charge is 0.497 e. The number of hydrogen-bond donors (Lipinski definition) is 0. The molecule has 0 N–H and O–H groups in total. The van der Waals surface area contributed by atoms with Gasteiger partial charge in [-0.15, -0.1) is 0 Å². The first kappa shape index (κ1) is 15.1. The van der Waals surface area contributed by atoms with Crippen molar-refractivity contribution < 1.29 is 9.47 Å². The average molecular weight is 259 g/mol. The molecule has 0 fully saturated rings. The molecule has 19 heavy (non-hydrogen) atoms. The average Bonchev–Trinajstić information content (AvgIpc) is 2.36. The Morgan fingerprint density at radius 3 is 2.63 bits per heavy atom. The van der Waals surface area contributed by atoms with Crippen LogP contribution in [0.25, 0.3) is 0 Å². The summed E-state index contributed by atoms with van der Waals surface area (Å²) in [5.41, 5.74) is 1.57. The van der Waals surface area contributed by atoms with Gasteiger partial charge < -0.3 is 9.47 Å². The predicted molar refractivity (Wildman–Crippen MR) is 76.4 cm³/mol. The molecule has 3 heteroatoms. The van der Waals surface area contributed by atoms with Crippen molar-refractivity contribution in [3.63, 3.8) is 0 Å². The molecule has 0 amide bonds. The molecule has 102 valence electrons. The number of aryl methyl sites for hydroxylation is 1. The van der Waals surface area contributed by atoms with E-state index >= 15 is 0 Å². The van der Waals surface area contributed by atoms with Crippen LogP contribution in [0, 0.1) is 23.7 Å². The maximum absolute atomic E-state index is 8.81. The fourth-order valence-corrected chi connectivity index (χ4v) is 1.83. The van der Waals surface area contributed by atoms with Crippen LogP contribution in [0.1, 0.15) is 26.3 Å². The first-order chi connectivity index (χ1) is 8.88. The number of nitrogens with zero attached hydrogens (tertiary/aromatic N) is 1. The normalized spacial score (nSPS) is 11.9. The van der Waals surface area contributed by atoms with Crippen LogP contribution in [-0.2, 0) is 0 Å². The Balaban J connectivity index is 2.75. The van der Waals surface area contributed by atoms with Crippen LogP contribution in [-0.4, -0.2) is 13.7 Å². The fraction of sp³-hybridized carbons (Fsp3) is 0.438. The highest BCUT2D eigenvalue weighted by Crippen LogP contribution is 2.26. The molecule has 0 aliphatic rings. The van der Waals surface area contributed by atoms with Crippen molar-refractivity contribution in [3.05, 3.63) is 35.4 Å². The second-order valence-electron chi connectivity index (χ2n) is 5.35. The van der Waals surface area contributed by atoms with Gasteiger partial charge in [-0.2, -0.15) is 5.26 Å². The monoisotopic (exact) mass is 259 g/mol. The lowest BCUT2D eigenvalue weighted by atomic mass is 9.92. The molecule has 1 rings (SSSR count). The van der Waals surface area contributed by atoms with Crippen molar-refractivity contribution in [2.45, 2.75) is 27.7 Å². The van der Waals surface area contributed by atoms with Gasteiger partial charge in [0.2, 0.25) is 0 Å². The van der Waals surface area contributed by atoms with E-state index in [9.17, 15) is 0 Å². The minimum absolute atomic E-state index is 0.174. The minimum atomic E-state index is -0.174. The van der Waals surface area contributed by atoms with Crippen LogP contribution in [0.15, 0.2) is 29.8 Å². The molecule has 0 bridgehead atoms. The third-order valence-electron chi connectivity index (χ3n) is 2.77. The lowest BCUT2D eigenvalue weighted by Crippen LogP contribution is -2.19. The Labute approximate surface area is 115 Å². The lowest BCUT2D eigenvalue weighted by Gasteiger charge is -2.22. The molecule has 0 saturated carbocycles. The topological polar surface area (TPSA) is 42.2 Å². The third-order valence-corrected chi connectivity index (χ3v) is 2.77. The Morgan fingerprint density at radius 2 is 2.11 bits per heavy atom. The van der Waals surface area contributed by atoms with E-state index in [4.69, 9.17) is 14.7 Å². The first-order valence-electron chi connectivity index (χ1n) is 6.25. The zero-order chi connectivity index (χ0) is 14.5. The van der Waals surface area contributed by atoms with Crippen molar-refractivity contribution in [2.75, 3.05) is 13.7 Å². The lowest BCUT2D eigenvalue weighted by molar-refractivity contribution is 0.219. The zero-order valence-electron chi connectivity index (χ0n) is 12.3. The molecule has 0 atom stereocenters. The molecule has 0 radical (unpaired) electrons. The molecular formula is C16H21NO2. The predicted octanol–water partition coefficient (Wildman–Crippen LogP) is 3.88. The number of rotatable bonds is 5. The summed E-state index contributed by atoms with van der Waals surface area (Å²) < 4.78 is 11.0. The molecule has 3 nitrogen and oxygen atoms in total. The number of ether oxygens (including phenoxy) is 2. The highest BCUT2D eigenvalue weighted by atomic mass is 16.5. The van der Waals surface area contributed by atoms with Gasteiger partial charge in [0.25, 0.3) is 0 Å². The van der Waals surface area contributed by atoms with Crippen molar-refractivity contribution in [3.8, 4) is 17.6 Å². The standard InChI is InChI=1S/C16H21NO2/c1-12(10-17)9-16(3,4)11-19-15-7-6-14(18-5)8-13(15)2/h6-9H,11H2,1-5H3/b12-9+. The molecule has 0 aliphatic heterocycles. The Hall–Kier alpha value is -1.95. The minimum Gasteiger partial charge on any atom is -0.497 e. The summed E-state index contributed by atoms with van der Waals surface area (Å²) in [6.07, 6.45) is 1.94. The first-order valence-corrected chi connectivity index (χ1v) is 6.25. The smallest absolute Gasteiger partial charge is 0.122 e. The van der Waals surface area contributed by atoms with Crippen LogP contribution in [0.5, 0.6) is 11.5 Å². The number of nitriles is 1. The molecule has 0 aliphatic carbocycles. The fourth-order valence-electron chi connectivity index (χ4n) is 1.83. The molecule has 0 saturated heterocycles. The maximum Gasteiger partial charge on any atom is 0.122 e. The van der Waals surface area contributed by atoms with Crippen molar-refractivity contribution in [1.82, 2.24) is 0 Å². The summed E-state index contributed by atoms with van der Waals surface area (Å²) >= 11 is 0. The van der Waals surface area contributed by atoms with Crippen LogP contribution >= 0.6 is 0 Å². The highest BCUT2D eigenvalue weighted by molar-refractivity contribution is 5.39. The summed E-state index contributed by atoms with van der Waals surface area (Å²) in [4.78, 5) is 0. The molecule has 0 heterocycles. The maximum atomic E-state index is 8.81. The molecule has 0 aromatic heterocycles.